The van der Waals surface area contributed by atoms with E-state index in [0.29, 0.717) is 23.8 Å². The Balaban J connectivity index is 1.38. The maximum Gasteiger partial charge on any atom is 0.222 e. The lowest BCUT2D eigenvalue weighted by Gasteiger charge is -2.38. The molecule has 5 nitrogen and oxygen atoms in total. The third-order valence-electron chi connectivity index (χ3n) is 8.15. The lowest BCUT2D eigenvalue weighted by Crippen LogP contribution is -2.43. The van der Waals surface area contributed by atoms with Crippen LogP contribution < -0.4 is 0 Å². The van der Waals surface area contributed by atoms with E-state index in [4.69, 9.17) is 12.6 Å². The van der Waals surface area contributed by atoms with Crippen LogP contribution >= 0.6 is 12.6 Å². The fourth-order valence-corrected chi connectivity index (χ4v) is 7.17. The topological polar surface area (TPSA) is 60.2 Å². The predicted molar refractivity (Wildman–Crippen MR) is 128 cm³/mol. The lowest BCUT2D eigenvalue weighted by molar-refractivity contribution is -0.133. The summed E-state index contributed by atoms with van der Waals surface area (Å²) in [6, 6.07) is 10.2. The highest BCUT2D eigenvalue weighted by Crippen LogP contribution is 2.75. The molecule has 5 rings (SSSR count). The Kier molecular flexibility index (Phi) is 4.87. The average molecular weight is 432 g/mol. The molecule has 0 spiro atoms. The van der Waals surface area contributed by atoms with Crippen LogP contribution in [-0.2, 0) is 4.79 Å². The molecule has 31 heavy (non-hydrogen) atoms. The number of pyridine rings is 1. The number of nitriles is 1. The summed E-state index contributed by atoms with van der Waals surface area (Å²) in [5.74, 6) is 1.46. The SMILES string of the molecule is BC1(CC(=O)N2CC(C)CC(c3ccc(C#N)c4ncccc34)C2)C2CN(C)C[C@]21S. The van der Waals surface area contributed by atoms with Crippen molar-refractivity contribution in [2.24, 2.45) is 11.8 Å². The number of nitrogens with zero attached hydrogens (tertiary/aromatic N) is 4. The monoisotopic (exact) mass is 432 g/mol. The minimum Gasteiger partial charge on any atom is -0.342 e. The second kappa shape index (κ2) is 7.25. The molecule has 160 valence electrons. The number of likely N-dealkylation sites (tertiary alicyclic amines) is 2. The summed E-state index contributed by atoms with van der Waals surface area (Å²) >= 11 is 5.01. The van der Waals surface area contributed by atoms with Gasteiger partial charge in [-0.1, -0.05) is 19.1 Å². The molecule has 2 aromatic rings. The second-order valence-electron chi connectivity index (χ2n) is 10.3. The number of fused-ring (bicyclic) bond motifs is 2. The normalized spacial score (nSPS) is 35.0. The van der Waals surface area contributed by atoms with Gasteiger partial charge in [-0.15, -0.1) is 0 Å². The van der Waals surface area contributed by atoms with Crippen molar-refractivity contribution in [1.29, 1.82) is 5.26 Å². The van der Waals surface area contributed by atoms with E-state index in [1.807, 2.05) is 12.1 Å². The van der Waals surface area contributed by atoms with Crippen molar-refractivity contribution in [3.05, 3.63) is 41.6 Å². The summed E-state index contributed by atoms with van der Waals surface area (Å²) in [5, 5.41) is 10.5. The van der Waals surface area contributed by atoms with Crippen LogP contribution in [-0.4, -0.2) is 66.5 Å². The molecule has 1 amide bonds. The number of rotatable bonds is 3. The van der Waals surface area contributed by atoms with Crippen molar-refractivity contribution in [1.82, 2.24) is 14.8 Å². The average Bonchev–Trinajstić information content (AvgIpc) is 3.00. The first-order valence-electron chi connectivity index (χ1n) is 11.2. The van der Waals surface area contributed by atoms with Gasteiger partial charge in [-0.05, 0) is 48.3 Å². The van der Waals surface area contributed by atoms with Crippen molar-refractivity contribution >= 4 is 37.3 Å². The van der Waals surface area contributed by atoms with Crippen LogP contribution in [0.1, 0.15) is 36.8 Å². The van der Waals surface area contributed by atoms with Crippen molar-refractivity contribution in [3.63, 3.8) is 0 Å². The molecule has 3 fully saturated rings. The van der Waals surface area contributed by atoms with Crippen LogP contribution in [0.3, 0.4) is 0 Å². The van der Waals surface area contributed by atoms with Gasteiger partial charge in [0, 0.05) is 54.8 Å². The minimum atomic E-state index is -0.0206. The molecular formula is C24H29BN4OS. The molecule has 2 aliphatic heterocycles. The van der Waals surface area contributed by atoms with Gasteiger partial charge >= 0.3 is 0 Å². The van der Waals surface area contributed by atoms with Crippen molar-refractivity contribution in [2.75, 3.05) is 33.2 Å². The molecule has 4 unspecified atom stereocenters. The lowest BCUT2D eigenvalue weighted by atomic mass is 9.74. The standard InChI is InChI=1S/C24H29BN4OS/c1-15-8-17(18-6-5-16(10-26)22-19(18)4-3-7-27-22)12-29(11-15)21(30)9-23(25)20-13-28(2)14-24(20,23)31/h3-7,15,17,20,31H,8-9,11-14,25H2,1-2H3/t15?,17?,20?,23?,24-/m0/s1. The third kappa shape index (κ3) is 3.18. The highest BCUT2D eigenvalue weighted by molar-refractivity contribution is 7.82. The summed E-state index contributed by atoms with van der Waals surface area (Å²) in [4.78, 5) is 22.3. The van der Waals surface area contributed by atoms with Crippen molar-refractivity contribution in [2.45, 2.75) is 35.7 Å². The van der Waals surface area contributed by atoms with E-state index in [9.17, 15) is 10.1 Å². The van der Waals surface area contributed by atoms with Crippen LogP contribution in [0.25, 0.3) is 10.9 Å². The highest BCUT2D eigenvalue weighted by atomic mass is 32.1. The number of carbonyl (C=O) groups excluding carboxylic acids is 1. The molecule has 1 aliphatic carbocycles. The molecular weight excluding hydrogens is 403 g/mol. The van der Waals surface area contributed by atoms with Gasteiger partial charge in [0.05, 0.1) is 11.1 Å². The number of hydrogen-bond donors (Lipinski definition) is 1. The maximum atomic E-state index is 13.4. The van der Waals surface area contributed by atoms with E-state index < -0.39 is 0 Å². The van der Waals surface area contributed by atoms with E-state index in [0.717, 1.165) is 43.5 Å². The largest absolute Gasteiger partial charge is 0.342 e. The van der Waals surface area contributed by atoms with E-state index in [1.165, 1.54) is 5.56 Å². The number of hydrogen-bond acceptors (Lipinski definition) is 5. The number of piperidine rings is 2. The van der Waals surface area contributed by atoms with Gasteiger partial charge in [-0.25, -0.2) is 0 Å². The number of amides is 1. The molecule has 3 heterocycles. The Bertz CT molecular complexity index is 1100. The maximum absolute atomic E-state index is 13.4. The zero-order chi connectivity index (χ0) is 22.0. The molecule has 2 saturated heterocycles. The molecule has 0 N–H and O–H groups in total. The Morgan fingerprint density at radius 2 is 2.16 bits per heavy atom. The fourth-order valence-electron chi connectivity index (χ4n) is 6.40. The van der Waals surface area contributed by atoms with Gasteiger partial charge in [-0.3, -0.25) is 9.78 Å². The van der Waals surface area contributed by atoms with Crippen LogP contribution in [0.5, 0.6) is 0 Å². The van der Waals surface area contributed by atoms with Gasteiger partial charge < -0.3 is 9.80 Å². The number of carbonyl (C=O) groups is 1. The molecule has 0 radical (unpaired) electrons. The van der Waals surface area contributed by atoms with Gasteiger partial charge in [0.1, 0.15) is 13.9 Å². The van der Waals surface area contributed by atoms with Gasteiger partial charge in [-0.2, -0.15) is 17.9 Å². The summed E-state index contributed by atoms with van der Waals surface area (Å²) < 4.78 is -0.0206. The molecule has 3 aliphatic rings. The quantitative estimate of drug-likeness (QED) is 0.598. The van der Waals surface area contributed by atoms with E-state index >= 15 is 0 Å². The molecule has 5 atom stereocenters. The zero-order valence-corrected chi connectivity index (χ0v) is 19.4. The molecule has 7 heteroatoms. The predicted octanol–water partition coefficient (Wildman–Crippen LogP) is 2.48. The Morgan fingerprint density at radius 3 is 2.87 bits per heavy atom. The fraction of sp³-hybridized carbons (Fsp3) is 0.542. The summed E-state index contributed by atoms with van der Waals surface area (Å²) in [6.07, 6.45) is 3.37. The van der Waals surface area contributed by atoms with Crippen LogP contribution in [0.2, 0.25) is 5.31 Å². The van der Waals surface area contributed by atoms with Gasteiger partial charge in [0.2, 0.25) is 5.91 Å². The summed E-state index contributed by atoms with van der Waals surface area (Å²) in [6.45, 7) is 5.80. The Morgan fingerprint density at radius 1 is 1.35 bits per heavy atom. The number of thiol groups is 1. The third-order valence-corrected chi connectivity index (χ3v) is 9.11. The second-order valence-corrected chi connectivity index (χ2v) is 11.1. The van der Waals surface area contributed by atoms with Crippen LogP contribution in [0, 0.1) is 23.2 Å². The van der Waals surface area contributed by atoms with E-state index in [1.54, 1.807) is 6.20 Å². The first-order chi connectivity index (χ1) is 14.8. The minimum absolute atomic E-state index is 0.000939. The molecule has 1 saturated carbocycles. The summed E-state index contributed by atoms with van der Waals surface area (Å²) in [5.41, 5.74) is 2.57. The highest BCUT2D eigenvalue weighted by Gasteiger charge is 2.74. The molecule has 0 bridgehead atoms. The van der Waals surface area contributed by atoms with Crippen LogP contribution in [0.15, 0.2) is 30.5 Å². The van der Waals surface area contributed by atoms with E-state index in [2.05, 4.69) is 54.8 Å². The van der Waals surface area contributed by atoms with E-state index in [-0.39, 0.29) is 21.9 Å². The smallest absolute Gasteiger partial charge is 0.222 e. The molecule has 1 aromatic carbocycles. The van der Waals surface area contributed by atoms with Crippen molar-refractivity contribution in [3.8, 4) is 6.07 Å². The zero-order valence-electron chi connectivity index (χ0n) is 18.5. The van der Waals surface area contributed by atoms with Gasteiger partial charge in [0.25, 0.3) is 0 Å². The molecule has 1 aromatic heterocycles. The number of aromatic nitrogens is 1. The number of benzene rings is 1. The first-order valence-corrected chi connectivity index (χ1v) is 11.7. The first kappa shape index (κ1) is 20.8. The van der Waals surface area contributed by atoms with Gasteiger partial charge in [0.15, 0.2) is 0 Å². The van der Waals surface area contributed by atoms with Crippen molar-refractivity contribution < 1.29 is 4.79 Å². The Hall–Kier alpha value is -2.04. The Labute approximate surface area is 190 Å². The summed E-state index contributed by atoms with van der Waals surface area (Å²) in [7, 11) is 4.39. The van der Waals surface area contributed by atoms with Crippen LogP contribution in [0.4, 0.5) is 0 Å².